The lowest BCUT2D eigenvalue weighted by molar-refractivity contribution is 0.0943. The van der Waals surface area contributed by atoms with Gasteiger partial charge in [-0.15, -0.1) is 5.10 Å². The summed E-state index contributed by atoms with van der Waals surface area (Å²) < 4.78 is 16.9. The van der Waals surface area contributed by atoms with Crippen molar-refractivity contribution in [2.75, 3.05) is 0 Å². The summed E-state index contributed by atoms with van der Waals surface area (Å²) >= 11 is 1.08. The van der Waals surface area contributed by atoms with Crippen molar-refractivity contribution in [2.24, 2.45) is 0 Å². The summed E-state index contributed by atoms with van der Waals surface area (Å²) in [6, 6.07) is 5.92. The smallest absolute Gasteiger partial charge is 0.265 e. The van der Waals surface area contributed by atoms with Gasteiger partial charge in [-0.3, -0.25) is 4.79 Å². The Bertz CT molecular complexity index is 585. The van der Waals surface area contributed by atoms with E-state index in [0.29, 0.717) is 17.0 Å². The summed E-state index contributed by atoms with van der Waals surface area (Å²) in [6.07, 6.45) is 0.660. The number of aromatic nitrogens is 2. The van der Waals surface area contributed by atoms with Crippen LogP contribution in [0.5, 0.6) is 0 Å². The van der Waals surface area contributed by atoms with Crippen molar-refractivity contribution < 1.29 is 9.18 Å². The second-order valence-corrected chi connectivity index (χ2v) is 4.91. The Morgan fingerprint density at radius 3 is 3.00 bits per heavy atom. The van der Waals surface area contributed by atoms with Crippen molar-refractivity contribution in [1.82, 2.24) is 14.9 Å². The number of benzene rings is 1. The maximum Gasteiger partial charge on any atom is 0.265 e. The molecule has 1 amide bonds. The van der Waals surface area contributed by atoms with Crippen molar-refractivity contribution in [2.45, 2.75) is 26.3 Å². The molecule has 4 nitrogen and oxygen atoms in total. The van der Waals surface area contributed by atoms with Gasteiger partial charge in [0, 0.05) is 0 Å². The molecule has 19 heavy (non-hydrogen) atoms. The number of nitrogens with one attached hydrogen (secondary N) is 1. The highest BCUT2D eigenvalue weighted by Gasteiger charge is 2.17. The van der Waals surface area contributed by atoms with Gasteiger partial charge in [0.05, 0.1) is 11.7 Å². The fourth-order valence-electron chi connectivity index (χ4n) is 1.73. The molecule has 0 aliphatic heterocycles. The summed E-state index contributed by atoms with van der Waals surface area (Å²) in [5, 5.41) is 6.72. The Morgan fingerprint density at radius 1 is 1.53 bits per heavy atom. The maximum atomic E-state index is 13.1. The van der Waals surface area contributed by atoms with Gasteiger partial charge in [-0.2, -0.15) is 0 Å². The van der Waals surface area contributed by atoms with E-state index >= 15 is 0 Å². The van der Waals surface area contributed by atoms with Gasteiger partial charge >= 0.3 is 0 Å². The molecule has 0 radical (unpaired) electrons. The molecule has 0 saturated carbocycles. The highest BCUT2D eigenvalue weighted by Crippen LogP contribution is 2.16. The minimum atomic E-state index is -0.313. The van der Waals surface area contributed by atoms with Crippen LogP contribution in [0.2, 0.25) is 0 Å². The Kier molecular flexibility index (Phi) is 4.21. The third-order valence-corrected chi connectivity index (χ3v) is 3.56. The standard InChI is InChI=1S/C13H14FN3OS/c1-3-11-12(19-17-16-11)13(18)15-8(2)9-5-4-6-10(14)7-9/h4-8H,3H2,1-2H3,(H,15,18)/t8-/m1/s1. The lowest BCUT2D eigenvalue weighted by Gasteiger charge is -2.13. The van der Waals surface area contributed by atoms with E-state index in [-0.39, 0.29) is 17.8 Å². The van der Waals surface area contributed by atoms with Gasteiger partial charge in [-0.1, -0.05) is 23.5 Å². The van der Waals surface area contributed by atoms with E-state index < -0.39 is 0 Å². The molecule has 0 aliphatic rings. The van der Waals surface area contributed by atoms with Gasteiger partial charge in [-0.05, 0) is 42.6 Å². The highest BCUT2D eigenvalue weighted by molar-refractivity contribution is 7.08. The Hall–Kier alpha value is -1.82. The molecular weight excluding hydrogens is 265 g/mol. The molecule has 0 aliphatic carbocycles. The van der Waals surface area contributed by atoms with Crippen LogP contribution in [0.4, 0.5) is 4.39 Å². The topological polar surface area (TPSA) is 54.9 Å². The van der Waals surface area contributed by atoms with Gasteiger partial charge in [0.1, 0.15) is 10.7 Å². The first-order valence-corrected chi connectivity index (χ1v) is 6.76. The lowest BCUT2D eigenvalue weighted by atomic mass is 10.1. The van der Waals surface area contributed by atoms with Crippen LogP contribution >= 0.6 is 11.5 Å². The fourth-order valence-corrected chi connectivity index (χ4v) is 2.39. The molecule has 2 rings (SSSR count). The molecule has 0 fully saturated rings. The predicted molar refractivity (Wildman–Crippen MR) is 71.6 cm³/mol. The first-order chi connectivity index (χ1) is 9.11. The van der Waals surface area contributed by atoms with E-state index in [4.69, 9.17) is 0 Å². The lowest BCUT2D eigenvalue weighted by Crippen LogP contribution is -2.26. The molecule has 1 atom stereocenters. The van der Waals surface area contributed by atoms with Crippen molar-refractivity contribution in [3.05, 3.63) is 46.2 Å². The summed E-state index contributed by atoms with van der Waals surface area (Å²) in [5.41, 5.74) is 1.41. The van der Waals surface area contributed by atoms with E-state index in [1.807, 2.05) is 13.8 Å². The zero-order valence-corrected chi connectivity index (χ0v) is 11.5. The average Bonchev–Trinajstić information content (AvgIpc) is 2.87. The van der Waals surface area contributed by atoms with E-state index in [1.54, 1.807) is 12.1 Å². The highest BCUT2D eigenvalue weighted by atomic mass is 32.1. The summed E-state index contributed by atoms with van der Waals surface area (Å²) in [4.78, 5) is 12.6. The SMILES string of the molecule is CCc1nnsc1C(=O)N[C@H](C)c1cccc(F)c1. The van der Waals surface area contributed by atoms with Gasteiger partial charge < -0.3 is 5.32 Å². The first kappa shape index (κ1) is 13.6. The zero-order chi connectivity index (χ0) is 13.8. The molecule has 0 bridgehead atoms. The minimum absolute atomic E-state index is 0.219. The largest absolute Gasteiger partial charge is 0.345 e. The van der Waals surface area contributed by atoms with Crippen LogP contribution in [0.3, 0.4) is 0 Å². The van der Waals surface area contributed by atoms with Crippen molar-refractivity contribution in [3.63, 3.8) is 0 Å². The summed E-state index contributed by atoms with van der Waals surface area (Å²) in [5.74, 6) is -0.532. The number of carbonyl (C=O) groups excluding carboxylic acids is 1. The number of carbonyl (C=O) groups is 1. The Balaban J connectivity index is 2.11. The van der Waals surface area contributed by atoms with Crippen LogP contribution < -0.4 is 5.32 Å². The second kappa shape index (κ2) is 5.88. The van der Waals surface area contributed by atoms with Crippen LogP contribution in [-0.4, -0.2) is 15.5 Å². The predicted octanol–water partition coefficient (Wildman–Crippen LogP) is 2.73. The number of aryl methyl sites for hydroxylation is 1. The molecule has 0 spiro atoms. The third-order valence-electron chi connectivity index (χ3n) is 2.79. The van der Waals surface area contributed by atoms with Crippen LogP contribution in [-0.2, 0) is 6.42 Å². The van der Waals surface area contributed by atoms with E-state index in [0.717, 1.165) is 17.1 Å². The molecule has 1 heterocycles. The Morgan fingerprint density at radius 2 is 2.32 bits per heavy atom. The van der Waals surface area contributed by atoms with Crippen LogP contribution in [0.15, 0.2) is 24.3 Å². The van der Waals surface area contributed by atoms with Crippen molar-refractivity contribution in [3.8, 4) is 0 Å². The minimum Gasteiger partial charge on any atom is -0.345 e. The van der Waals surface area contributed by atoms with E-state index in [2.05, 4.69) is 14.9 Å². The molecular formula is C13H14FN3OS. The maximum absolute atomic E-state index is 13.1. The molecule has 0 unspecified atom stereocenters. The van der Waals surface area contributed by atoms with Crippen LogP contribution in [0.25, 0.3) is 0 Å². The molecule has 0 saturated heterocycles. The molecule has 6 heteroatoms. The quantitative estimate of drug-likeness (QED) is 0.936. The van der Waals surface area contributed by atoms with Gasteiger partial charge in [0.2, 0.25) is 0 Å². The molecule has 1 N–H and O–H groups in total. The normalized spacial score (nSPS) is 12.2. The van der Waals surface area contributed by atoms with Crippen molar-refractivity contribution in [1.29, 1.82) is 0 Å². The number of hydrogen-bond donors (Lipinski definition) is 1. The van der Waals surface area contributed by atoms with Gasteiger partial charge in [-0.25, -0.2) is 4.39 Å². The number of nitrogens with zero attached hydrogens (tertiary/aromatic N) is 2. The van der Waals surface area contributed by atoms with E-state index in [1.165, 1.54) is 12.1 Å². The second-order valence-electron chi connectivity index (χ2n) is 4.15. The molecule has 2 aromatic rings. The van der Waals surface area contributed by atoms with Gasteiger partial charge in [0.15, 0.2) is 0 Å². The average molecular weight is 279 g/mol. The summed E-state index contributed by atoms with van der Waals surface area (Å²) in [7, 11) is 0. The monoisotopic (exact) mass is 279 g/mol. The van der Waals surface area contributed by atoms with Crippen molar-refractivity contribution >= 4 is 17.4 Å². The Labute approximate surface area is 114 Å². The number of rotatable bonds is 4. The summed E-state index contributed by atoms with van der Waals surface area (Å²) in [6.45, 7) is 3.73. The van der Waals surface area contributed by atoms with Crippen LogP contribution in [0.1, 0.15) is 40.8 Å². The van der Waals surface area contributed by atoms with Gasteiger partial charge in [0.25, 0.3) is 5.91 Å². The number of halogens is 1. The number of amides is 1. The molecule has 1 aromatic heterocycles. The van der Waals surface area contributed by atoms with Crippen LogP contribution in [0, 0.1) is 5.82 Å². The van der Waals surface area contributed by atoms with E-state index in [9.17, 15) is 9.18 Å². The third kappa shape index (κ3) is 3.14. The first-order valence-electron chi connectivity index (χ1n) is 5.99. The zero-order valence-electron chi connectivity index (χ0n) is 10.7. The molecule has 100 valence electrons. The number of hydrogen-bond acceptors (Lipinski definition) is 4. The molecule has 1 aromatic carbocycles. The fraction of sp³-hybridized carbons (Fsp3) is 0.308.